The van der Waals surface area contributed by atoms with Gasteiger partial charge in [-0.2, -0.15) is 26.3 Å². The number of carbonyl (C=O) groups is 2. The van der Waals surface area contributed by atoms with Crippen molar-refractivity contribution in [1.29, 1.82) is 0 Å². The van der Waals surface area contributed by atoms with Crippen molar-refractivity contribution in [2.75, 3.05) is 59.2 Å². The Kier molecular flexibility index (Phi) is 13.0. The fraction of sp³-hybridized carbons (Fsp3) is 0.913. The Labute approximate surface area is 217 Å². The number of likely N-dealkylation sites (tertiary alicyclic amines) is 1. The molecule has 4 fully saturated rings. The smallest absolute Gasteiger partial charge is 0.475 e. The van der Waals surface area contributed by atoms with Gasteiger partial charge >= 0.3 is 24.3 Å². The second kappa shape index (κ2) is 15.2. The topological polar surface area (TPSA) is 109 Å². The van der Waals surface area contributed by atoms with E-state index in [0.29, 0.717) is 18.2 Å². The molecule has 2 N–H and O–H groups in total. The Morgan fingerprint density at radius 2 is 1.39 bits per heavy atom. The largest absolute Gasteiger partial charge is 0.490 e. The van der Waals surface area contributed by atoms with Gasteiger partial charge in [-0.1, -0.05) is 0 Å². The molecule has 0 amide bonds. The summed E-state index contributed by atoms with van der Waals surface area (Å²) in [4.78, 5) is 23.0. The minimum atomic E-state index is -5.08. The van der Waals surface area contributed by atoms with Crippen molar-refractivity contribution in [2.45, 2.75) is 69.1 Å². The van der Waals surface area contributed by atoms with Gasteiger partial charge in [0.25, 0.3) is 0 Å². The SMILES string of the molecule is C1CCN(CCO[C@@H]2CC[C@H]3[C@H]2OCCN3CC2CCOCC2)C1.O=C(O)C(F)(F)F.O=C(O)C(F)(F)F. The van der Waals surface area contributed by atoms with Crippen LogP contribution >= 0.6 is 0 Å². The third-order valence-electron chi connectivity index (χ3n) is 6.91. The third kappa shape index (κ3) is 11.2. The number of nitrogens with zero attached hydrogens (tertiary/aromatic N) is 2. The molecule has 3 atom stereocenters. The number of alkyl halides is 6. The minimum absolute atomic E-state index is 0.303. The molecule has 0 aromatic carbocycles. The Morgan fingerprint density at radius 1 is 0.842 bits per heavy atom. The molecule has 3 heterocycles. The lowest BCUT2D eigenvalue weighted by Crippen LogP contribution is -2.53. The molecule has 4 rings (SSSR count). The van der Waals surface area contributed by atoms with Gasteiger partial charge in [-0.15, -0.1) is 0 Å². The van der Waals surface area contributed by atoms with Gasteiger partial charge in [0.15, 0.2) is 0 Å². The predicted octanol–water partition coefficient (Wildman–Crippen LogP) is 3.02. The van der Waals surface area contributed by atoms with Gasteiger partial charge < -0.3 is 29.3 Å². The summed E-state index contributed by atoms with van der Waals surface area (Å²) in [7, 11) is 0. The van der Waals surface area contributed by atoms with Crippen LogP contribution in [0.25, 0.3) is 0 Å². The highest BCUT2D eigenvalue weighted by molar-refractivity contribution is 5.73. The first-order chi connectivity index (χ1) is 17.8. The number of hydrogen-bond donors (Lipinski definition) is 2. The van der Waals surface area contributed by atoms with Crippen molar-refractivity contribution in [2.24, 2.45) is 5.92 Å². The van der Waals surface area contributed by atoms with Gasteiger partial charge in [0.05, 0.1) is 25.4 Å². The number of morpholine rings is 1. The molecule has 1 saturated carbocycles. The van der Waals surface area contributed by atoms with E-state index in [-0.39, 0.29) is 0 Å². The van der Waals surface area contributed by atoms with Gasteiger partial charge in [0.1, 0.15) is 0 Å². The number of aliphatic carboxylic acids is 2. The summed E-state index contributed by atoms with van der Waals surface area (Å²) in [6.45, 7) is 9.59. The van der Waals surface area contributed by atoms with Crippen molar-refractivity contribution >= 4 is 11.9 Å². The van der Waals surface area contributed by atoms with Crippen LogP contribution in [-0.4, -0.2) is 122 Å². The molecule has 0 aromatic rings. The molecule has 0 bridgehead atoms. The van der Waals surface area contributed by atoms with Crippen LogP contribution in [0.1, 0.15) is 38.5 Å². The lowest BCUT2D eigenvalue weighted by molar-refractivity contribution is -0.193. The maximum Gasteiger partial charge on any atom is 0.490 e. The molecule has 222 valence electrons. The molecule has 0 aromatic heterocycles. The number of carboxylic acid groups (broad SMARTS) is 2. The second-order valence-corrected chi connectivity index (χ2v) is 9.59. The van der Waals surface area contributed by atoms with E-state index in [1.165, 1.54) is 58.2 Å². The number of ether oxygens (including phenoxy) is 3. The first-order valence-corrected chi connectivity index (χ1v) is 12.7. The van der Waals surface area contributed by atoms with Crippen LogP contribution in [0.5, 0.6) is 0 Å². The number of hydrogen-bond acceptors (Lipinski definition) is 7. The molecule has 4 aliphatic rings. The number of fused-ring (bicyclic) bond motifs is 1. The highest BCUT2D eigenvalue weighted by Crippen LogP contribution is 2.33. The van der Waals surface area contributed by atoms with Crippen LogP contribution < -0.4 is 0 Å². The van der Waals surface area contributed by atoms with Crippen LogP contribution in [0.2, 0.25) is 0 Å². The summed E-state index contributed by atoms with van der Waals surface area (Å²) in [5, 5.41) is 14.2. The lowest BCUT2D eigenvalue weighted by atomic mass is 9.98. The van der Waals surface area contributed by atoms with Gasteiger partial charge in [0.2, 0.25) is 0 Å². The van der Waals surface area contributed by atoms with E-state index < -0.39 is 24.3 Å². The van der Waals surface area contributed by atoms with Crippen molar-refractivity contribution in [3.8, 4) is 0 Å². The zero-order chi connectivity index (χ0) is 28.3. The second-order valence-electron chi connectivity index (χ2n) is 9.59. The zero-order valence-electron chi connectivity index (χ0n) is 21.0. The molecular formula is C23H36F6N2O7. The van der Waals surface area contributed by atoms with E-state index in [4.69, 9.17) is 34.0 Å². The van der Waals surface area contributed by atoms with E-state index in [9.17, 15) is 26.3 Å². The lowest BCUT2D eigenvalue weighted by Gasteiger charge is -2.41. The first-order valence-electron chi connectivity index (χ1n) is 12.7. The van der Waals surface area contributed by atoms with E-state index in [2.05, 4.69) is 9.80 Å². The molecule has 1 aliphatic carbocycles. The first kappa shape index (κ1) is 32.5. The van der Waals surface area contributed by atoms with Gasteiger partial charge in [-0.05, 0) is 57.5 Å². The molecule has 3 aliphatic heterocycles. The molecule has 9 nitrogen and oxygen atoms in total. The number of halogens is 6. The van der Waals surface area contributed by atoms with Crippen molar-refractivity contribution in [3.63, 3.8) is 0 Å². The molecule has 0 unspecified atom stereocenters. The van der Waals surface area contributed by atoms with Gasteiger partial charge in [-0.3, -0.25) is 4.90 Å². The summed E-state index contributed by atoms with van der Waals surface area (Å²) in [6.07, 6.45) is -1.97. The van der Waals surface area contributed by atoms with Crippen LogP contribution in [0, 0.1) is 5.92 Å². The van der Waals surface area contributed by atoms with Gasteiger partial charge in [-0.25, -0.2) is 9.59 Å². The maximum atomic E-state index is 10.6. The van der Waals surface area contributed by atoms with Crippen molar-refractivity contribution in [1.82, 2.24) is 9.80 Å². The number of rotatable bonds is 6. The van der Waals surface area contributed by atoms with Crippen molar-refractivity contribution in [3.05, 3.63) is 0 Å². The quantitative estimate of drug-likeness (QED) is 0.469. The Hall–Kier alpha value is -1.68. The van der Waals surface area contributed by atoms with Gasteiger partial charge in [0, 0.05) is 38.9 Å². The third-order valence-corrected chi connectivity index (χ3v) is 6.91. The molecule has 0 spiro atoms. The highest BCUT2D eigenvalue weighted by Gasteiger charge is 2.44. The summed E-state index contributed by atoms with van der Waals surface area (Å²) < 4.78 is 81.4. The summed E-state index contributed by atoms with van der Waals surface area (Å²) >= 11 is 0. The van der Waals surface area contributed by atoms with E-state index in [1.54, 1.807) is 0 Å². The van der Waals surface area contributed by atoms with Crippen LogP contribution in [0.4, 0.5) is 26.3 Å². The monoisotopic (exact) mass is 566 g/mol. The Bertz CT molecular complexity index is 704. The normalized spacial score (nSPS) is 27.1. The molecule has 15 heteroatoms. The average molecular weight is 567 g/mol. The molecular weight excluding hydrogens is 530 g/mol. The molecule has 38 heavy (non-hydrogen) atoms. The van der Waals surface area contributed by atoms with Crippen LogP contribution in [0.15, 0.2) is 0 Å². The van der Waals surface area contributed by atoms with Crippen LogP contribution in [-0.2, 0) is 23.8 Å². The zero-order valence-corrected chi connectivity index (χ0v) is 21.0. The van der Waals surface area contributed by atoms with Crippen molar-refractivity contribution < 1.29 is 60.4 Å². The highest BCUT2D eigenvalue weighted by atomic mass is 19.4. The fourth-order valence-corrected chi connectivity index (χ4v) is 5.00. The molecule has 3 saturated heterocycles. The van der Waals surface area contributed by atoms with E-state index in [1.807, 2.05) is 0 Å². The fourth-order valence-electron chi connectivity index (χ4n) is 5.00. The maximum absolute atomic E-state index is 10.6. The summed E-state index contributed by atoms with van der Waals surface area (Å²) in [5.41, 5.74) is 0. The Morgan fingerprint density at radius 3 is 1.92 bits per heavy atom. The molecule has 0 radical (unpaired) electrons. The van der Waals surface area contributed by atoms with Crippen LogP contribution in [0.3, 0.4) is 0 Å². The van der Waals surface area contributed by atoms with E-state index in [0.717, 1.165) is 45.4 Å². The Balaban J connectivity index is 0.000000301. The summed E-state index contributed by atoms with van der Waals surface area (Å²) in [6, 6.07) is 0.582. The summed E-state index contributed by atoms with van der Waals surface area (Å²) in [5.74, 6) is -4.70. The number of carboxylic acids is 2. The standard InChI is InChI=1S/C19H34N2O3.2C2HF3O2/c1-2-8-20(7-1)9-13-23-18-4-3-17-19(18)24-14-10-21(17)15-16-5-11-22-12-6-16;2*3-2(4,5)1(6)7/h16-19H,1-15H2;2*(H,6,7)/t17-,18+,19+;;/m0../s1. The minimum Gasteiger partial charge on any atom is -0.475 e. The predicted molar refractivity (Wildman–Crippen MR) is 121 cm³/mol. The average Bonchev–Trinajstić information content (AvgIpc) is 3.50. The van der Waals surface area contributed by atoms with E-state index >= 15 is 0 Å².